The molecule has 0 spiro atoms. The van der Waals surface area contributed by atoms with Gasteiger partial charge in [-0.25, -0.2) is 9.59 Å². The van der Waals surface area contributed by atoms with E-state index in [1.54, 1.807) is 18.2 Å². The summed E-state index contributed by atoms with van der Waals surface area (Å²) in [6.07, 6.45) is -4.31. The van der Waals surface area contributed by atoms with E-state index in [0.717, 1.165) is 0 Å². The van der Waals surface area contributed by atoms with E-state index in [2.05, 4.69) is 4.74 Å². The van der Waals surface area contributed by atoms with E-state index in [4.69, 9.17) is 15.3 Å². The molecule has 0 fully saturated rings. The minimum absolute atomic E-state index is 0.157. The molecule has 1 aromatic carbocycles. The van der Waals surface area contributed by atoms with Crippen LogP contribution in [0.2, 0.25) is 0 Å². The lowest BCUT2D eigenvalue weighted by atomic mass is 10.2. The first-order valence-electron chi connectivity index (χ1n) is 4.38. The molecule has 3 N–H and O–H groups in total. The van der Waals surface area contributed by atoms with Crippen LogP contribution in [0.1, 0.15) is 0 Å². The van der Waals surface area contributed by atoms with Gasteiger partial charge in [-0.05, 0) is 12.1 Å². The number of hydrogen-bond donors (Lipinski definition) is 3. The predicted octanol–water partition coefficient (Wildman–Crippen LogP) is -0.602. The molecular weight excluding hydrogens is 216 g/mol. The van der Waals surface area contributed by atoms with Gasteiger partial charge >= 0.3 is 11.9 Å². The molecule has 0 aliphatic rings. The van der Waals surface area contributed by atoms with Gasteiger partial charge in [-0.2, -0.15) is 0 Å². The lowest BCUT2D eigenvalue weighted by Gasteiger charge is -2.12. The first kappa shape index (κ1) is 12.2. The maximum absolute atomic E-state index is 11.2. The Morgan fingerprint density at radius 3 is 2.12 bits per heavy atom. The summed E-state index contributed by atoms with van der Waals surface area (Å²) in [6.45, 7) is 0. The molecule has 0 heterocycles. The van der Waals surface area contributed by atoms with E-state index in [-0.39, 0.29) is 5.75 Å². The molecule has 2 atom stereocenters. The number of carbonyl (C=O) groups excluding carboxylic acids is 1. The van der Waals surface area contributed by atoms with Crippen molar-refractivity contribution in [3.05, 3.63) is 30.3 Å². The van der Waals surface area contributed by atoms with Crippen molar-refractivity contribution in [3.8, 4) is 5.75 Å². The number of hydrogen-bond acceptors (Lipinski definition) is 5. The number of aliphatic hydroxyl groups excluding tert-OH is 2. The summed E-state index contributed by atoms with van der Waals surface area (Å²) in [5, 5.41) is 26.4. The van der Waals surface area contributed by atoms with Gasteiger partial charge in [0.2, 0.25) is 0 Å². The molecule has 1 aromatic rings. The van der Waals surface area contributed by atoms with Crippen molar-refractivity contribution in [2.24, 2.45) is 0 Å². The minimum Gasteiger partial charge on any atom is -0.479 e. The lowest BCUT2D eigenvalue weighted by molar-refractivity contribution is -0.164. The summed E-state index contributed by atoms with van der Waals surface area (Å²) >= 11 is 0. The number of aliphatic carboxylic acids is 1. The average molecular weight is 226 g/mol. The SMILES string of the molecule is O=C(O)C(O)C(O)C(=O)Oc1ccccc1. The van der Waals surface area contributed by atoms with E-state index >= 15 is 0 Å². The topological polar surface area (TPSA) is 104 Å². The van der Waals surface area contributed by atoms with Gasteiger partial charge in [0.1, 0.15) is 5.75 Å². The smallest absolute Gasteiger partial charge is 0.343 e. The van der Waals surface area contributed by atoms with E-state index in [0.29, 0.717) is 0 Å². The summed E-state index contributed by atoms with van der Waals surface area (Å²) in [7, 11) is 0. The first-order valence-corrected chi connectivity index (χ1v) is 4.38. The van der Waals surface area contributed by atoms with E-state index < -0.39 is 24.1 Å². The average Bonchev–Trinajstić information content (AvgIpc) is 2.28. The van der Waals surface area contributed by atoms with Gasteiger partial charge in [0.05, 0.1) is 0 Å². The van der Waals surface area contributed by atoms with Crippen LogP contribution in [-0.4, -0.2) is 39.5 Å². The quantitative estimate of drug-likeness (QED) is 0.467. The number of carbonyl (C=O) groups is 2. The van der Waals surface area contributed by atoms with Gasteiger partial charge in [-0.1, -0.05) is 18.2 Å². The zero-order valence-corrected chi connectivity index (χ0v) is 8.11. The Balaban J connectivity index is 2.63. The Hall–Kier alpha value is -1.92. The third kappa shape index (κ3) is 3.04. The molecule has 0 aromatic heterocycles. The number of carboxylic acid groups (broad SMARTS) is 1. The van der Waals surface area contributed by atoms with Crippen LogP contribution in [0.5, 0.6) is 5.75 Å². The van der Waals surface area contributed by atoms with Crippen molar-refractivity contribution >= 4 is 11.9 Å². The molecule has 0 radical (unpaired) electrons. The Kier molecular flexibility index (Phi) is 3.98. The lowest BCUT2D eigenvalue weighted by Crippen LogP contribution is -2.41. The van der Waals surface area contributed by atoms with Crippen LogP contribution in [0.25, 0.3) is 0 Å². The standard InChI is InChI=1S/C10H10O6/c11-7(9(13)14)8(12)10(15)16-6-4-2-1-3-5-6/h1-5,7-8,11-12H,(H,13,14). The summed E-state index contributed by atoms with van der Waals surface area (Å²) in [5.74, 6) is -2.76. The Morgan fingerprint density at radius 1 is 1.06 bits per heavy atom. The molecule has 0 bridgehead atoms. The van der Waals surface area contributed by atoms with Crippen molar-refractivity contribution in [1.82, 2.24) is 0 Å². The van der Waals surface area contributed by atoms with Crippen molar-refractivity contribution in [2.75, 3.05) is 0 Å². The second kappa shape index (κ2) is 5.24. The molecule has 86 valence electrons. The molecule has 1 rings (SSSR count). The van der Waals surface area contributed by atoms with Gasteiger partial charge in [-0.15, -0.1) is 0 Å². The van der Waals surface area contributed by atoms with Crippen LogP contribution >= 0.6 is 0 Å². The first-order chi connectivity index (χ1) is 7.52. The zero-order chi connectivity index (χ0) is 12.1. The number of aliphatic hydroxyl groups is 2. The normalized spacial score (nSPS) is 13.9. The molecule has 0 amide bonds. The highest BCUT2D eigenvalue weighted by atomic mass is 16.6. The molecule has 0 saturated carbocycles. The van der Waals surface area contributed by atoms with Crippen molar-refractivity contribution in [3.63, 3.8) is 0 Å². The number of rotatable bonds is 4. The fourth-order valence-electron chi connectivity index (χ4n) is 0.929. The molecular formula is C10H10O6. The Bertz CT molecular complexity index is 374. The van der Waals surface area contributed by atoms with Crippen LogP contribution in [0.15, 0.2) is 30.3 Å². The number of esters is 1. The number of ether oxygens (including phenoxy) is 1. The number of benzene rings is 1. The van der Waals surface area contributed by atoms with E-state index in [1.165, 1.54) is 12.1 Å². The highest BCUT2D eigenvalue weighted by molar-refractivity contribution is 5.85. The molecule has 16 heavy (non-hydrogen) atoms. The van der Waals surface area contributed by atoms with Crippen LogP contribution in [-0.2, 0) is 9.59 Å². The maximum Gasteiger partial charge on any atom is 0.343 e. The molecule has 0 aliphatic heterocycles. The minimum atomic E-state index is -2.20. The van der Waals surface area contributed by atoms with Gasteiger partial charge in [0, 0.05) is 0 Å². The van der Waals surface area contributed by atoms with Gasteiger partial charge < -0.3 is 20.1 Å². The highest BCUT2D eigenvalue weighted by Crippen LogP contribution is 2.10. The van der Waals surface area contributed by atoms with Crippen molar-refractivity contribution in [1.29, 1.82) is 0 Å². The largest absolute Gasteiger partial charge is 0.479 e. The van der Waals surface area contributed by atoms with Crippen molar-refractivity contribution < 1.29 is 29.6 Å². The Labute approximate surface area is 90.7 Å². The molecule has 0 saturated heterocycles. The van der Waals surface area contributed by atoms with Crippen LogP contribution in [0, 0.1) is 0 Å². The second-order valence-electron chi connectivity index (χ2n) is 2.96. The number of para-hydroxylation sites is 1. The van der Waals surface area contributed by atoms with Crippen LogP contribution < -0.4 is 4.74 Å². The van der Waals surface area contributed by atoms with E-state index in [1.807, 2.05) is 0 Å². The van der Waals surface area contributed by atoms with Gasteiger partial charge in [0.25, 0.3) is 0 Å². The molecule has 2 unspecified atom stereocenters. The fraction of sp³-hybridized carbons (Fsp3) is 0.200. The summed E-state index contributed by atoms with van der Waals surface area (Å²) in [6, 6.07) is 7.81. The van der Waals surface area contributed by atoms with Crippen LogP contribution in [0.3, 0.4) is 0 Å². The van der Waals surface area contributed by atoms with Crippen LogP contribution in [0.4, 0.5) is 0 Å². The summed E-state index contributed by atoms with van der Waals surface area (Å²) in [5.41, 5.74) is 0. The monoisotopic (exact) mass is 226 g/mol. The molecule has 0 aliphatic carbocycles. The second-order valence-corrected chi connectivity index (χ2v) is 2.96. The zero-order valence-electron chi connectivity index (χ0n) is 8.11. The maximum atomic E-state index is 11.2. The molecule has 6 nitrogen and oxygen atoms in total. The fourth-order valence-corrected chi connectivity index (χ4v) is 0.929. The third-order valence-corrected chi connectivity index (χ3v) is 1.76. The van der Waals surface area contributed by atoms with Gasteiger partial charge in [0.15, 0.2) is 12.2 Å². The summed E-state index contributed by atoms with van der Waals surface area (Å²) < 4.78 is 4.64. The van der Waals surface area contributed by atoms with Crippen molar-refractivity contribution in [2.45, 2.75) is 12.2 Å². The predicted molar refractivity (Wildman–Crippen MR) is 51.7 cm³/mol. The van der Waals surface area contributed by atoms with E-state index in [9.17, 15) is 9.59 Å². The third-order valence-electron chi connectivity index (χ3n) is 1.76. The van der Waals surface area contributed by atoms with Gasteiger partial charge in [-0.3, -0.25) is 0 Å². The number of carboxylic acids is 1. The molecule has 6 heteroatoms. The highest BCUT2D eigenvalue weighted by Gasteiger charge is 2.31. The Morgan fingerprint density at radius 2 is 1.62 bits per heavy atom. The summed E-state index contributed by atoms with van der Waals surface area (Å²) in [4.78, 5) is 21.4.